The number of aromatic nitrogens is 3. The molecular weight excluding hydrogens is 234 g/mol. The Kier molecular flexibility index (Phi) is 2.26. The van der Waals surface area contributed by atoms with Gasteiger partial charge in [-0.2, -0.15) is 0 Å². The Morgan fingerprint density at radius 1 is 1.41 bits per heavy atom. The van der Waals surface area contributed by atoms with Gasteiger partial charge in [0.1, 0.15) is 16.3 Å². The van der Waals surface area contributed by atoms with Gasteiger partial charge in [-0.1, -0.05) is 6.07 Å². The first-order valence-corrected chi connectivity index (χ1v) is 5.95. The van der Waals surface area contributed by atoms with Crippen LogP contribution in [0.15, 0.2) is 30.6 Å². The maximum Gasteiger partial charge on any atom is 0.170 e. The average molecular weight is 243 g/mol. The predicted molar refractivity (Wildman–Crippen MR) is 66.4 cm³/mol. The van der Waals surface area contributed by atoms with Gasteiger partial charge < -0.3 is 0 Å². The first-order chi connectivity index (χ1) is 8.28. The largest absolute Gasteiger partial charge is 0.296 e. The van der Waals surface area contributed by atoms with E-state index in [1.165, 1.54) is 0 Å². The molecule has 0 radical (unpaired) electrons. The molecule has 0 aliphatic rings. The number of carbonyl (C=O) groups is 1. The lowest BCUT2D eigenvalue weighted by Gasteiger charge is -2.00. The van der Waals surface area contributed by atoms with Crippen molar-refractivity contribution in [1.29, 1.82) is 0 Å². The van der Waals surface area contributed by atoms with Gasteiger partial charge in [0.25, 0.3) is 0 Å². The molecule has 5 heteroatoms. The number of hydrogen-bond acceptors (Lipinski definition) is 4. The molecular formula is C12H9N3OS. The standard InChI is InChI=1S/C12H9N3OS/c1-8-5-13-12(17-8)10-3-2-4-11-14-9(7-16)6-15(10)11/h2-7H,1H3. The molecule has 0 aliphatic heterocycles. The maximum atomic E-state index is 10.7. The Morgan fingerprint density at radius 3 is 3.00 bits per heavy atom. The molecule has 0 bridgehead atoms. The summed E-state index contributed by atoms with van der Waals surface area (Å²) in [6.07, 6.45) is 4.33. The fourth-order valence-corrected chi connectivity index (χ4v) is 2.52. The van der Waals surface area contributed by atoms with Crippen molar-refractivity contribution in [2.24, 2.45) is 0 Å². The quantitative estimate of drug-likeness (QED) is 0.650. The molecule has 3 aromatic heterocycles. The summed E-state index contributed by atoms with van der Waals surface area (Å²) in [6, 6.07) is 5.77. The molecule has 0 spiro atoms. The number of aryl methyl sites for hydroxylation is 1. The fourth-order valence-electron chi connectivity index (χ4n) is 1.73. The number of nitrogens with zero attached hydrogens (tertiary/aromatic N) is 3. The highest BCUT2D eigenvalue weighted by atomic mass is 32.1. The predicted octanol–water partition coefficient (Wildman–Crippen LogP) is 2.58. The van der Waals surface area contributed by atoms with Crippen molar-refractivity contribution in [2.45, 2.75) is 6.92 Å². The topological polar surface area (TPSA) is 47.3 Å². The molecule has 0 N–H and O–H groups in total. The van der Waals surface area contributed by atoms with Gasteiger partial charge in [0, 0.05) is 17.3 Å². The zero-order valence-electron chi connectivity index (χ0n) is 9.12. The van der Waals surface area contributed by atoms with Gasteiger partial charge in [-0.3, -0.25) is 9.20 Å². The second-order valence-corrected chi connectivity index (χ2v) is 4.93. The minimum absolute atomic E-state index is 0.436. The Morgan fingerprint density at radius 2 is 2.29 bits per heavy atom. The number of imidazole rings is 1. The molecule has 0 saturated heterocycles. The van der Waals surface area contributed by atoms with E-state index in [-0.39, 0.29) is 0 Å². The van der Waals surface area contributed by atoms with Crippen molar-refractivity contribution in [3.05, 3.63) is 41.2 Å². The van der Waals surface area contributed by atoms with Crippen molar-refractivity contribution in [3.63, 3.8) is 0 Å². The van der Waals surface area contributed by atoms with Crippen molar-refractivity contribution in [1.82, 2.24) is 14.4 Å². The summed E-state index contributed by atoms with van der Waals surface area (Å²) in [5.41, 5.74) is 2.16. The van der Waals surface area contributed by atoms with Gasteiger partial charge >= 0.3 is 0 Å². The minimum Gasteiger partial charge on any atom is -0.296 e. The number of hydrogen-bond donors (Lipinski definition) is 0. The van der Waals surface area contributed by atoms with Crippen molar-refractivity contribution in [3.8, 4) is 10.7 Å². The normalized spacial score (nSPS) is 10.9. The van der Waals surface area contributed by atoms with Gasteiger partial charge in [0.05, 0.1) is 5.69 Å². The molecule has 0 amide bonds. The Hall–Kier alpha value is -2.01. The van der Waals surface area contributed by atoms with E-state index in [9.17, 15) is 4.79 Å². The summed E-state index contributed by atoms with van der Waals surface area (Å²) < 4.78 is 1.89. The molecule has 0 unspecified atom stereocenters. The molecule has 17 heavy (non-hydrogen) atoms. The van der Waals surface area contributed by atoms with E-state index in [0.29, 0.717) is 5.69 Å². The van der Waals surface area contributed by atoms with E-state index < -0.39 is 0 Å². The molecule has 3 rings (SSSR count). The molecule has 3 aromatic rings. The van der Waals surface area contributed by atoms with Gasteiger partial charge in [-0.05, 0) is 19.1 Å². The Balaban J connectivity index is 2.28. The Bertz CT molecular complexity index is 699. The SMILES string of the molecule is Cc1cnc(-c2cccc3nc(C=O)cn23)s1. The van der Waals surface area contributed by atoms with Crippen LogP contribution in [0.25, 0.3) is 16.3 Å². The number of thiazole rings is 1. The van der Waals surface area contributed by atoms with Crippen molar-refractivity contribution in [2.75, 3.05) is 0 Å². The zero-order valence-corrected chi connectivity index (χ0v) is 9.94. The number of aldehydes is 1. The van der Waals surface area contributed by atoms with Crippen LogP contribution in [0, 0.1) is 6.92 Å². The van der Waals surface area contributed by atoms with Crippen molar-refractivity contribution < 1.29 is 4.79 Å². The first-order valence-electron chi connectivity index (χ1n) is 5.14. The first kappa shape index (κ1) is 10.2. The maximum absolute atomic E-state index is 10.7. The summed E-state index contributed by atoms with van der Waals surface area (Å²) in [6.45, 7) is 2.02. The highest BCUT2D eigenvalue weighted by Crippen LogP contribution is 2.25. The van der Waals surface area contributed by atoms with E-state index in [1.54, 1.807) is 17.5 Å². The highest BCUT2D eigenvalue weighted by molar-refractivity contribution is 7.14. The molecule has 84 valence electrons. The van der Waals surface area contributed by atoms with Crippen LogP contribution in [0.1, 0.15) is 15.4 Å². The van der Waals surface area contributed by atoms with Crippen LogP contribution >= 0.6 is 11.3 Å². The average Bonchev–Trinajstić information content (AvgIpc) is 2.93. The van der Waals surface area contributed by atoms with Crippen LogP contribution in [0.5, 0.6) is 0 Å². The van der Waals surface area contributed by atoms with Gasteiger partial charge in [0.15, 0.2) is 6.29 Å². The van der Waals surface area contributed by atoms with E-state index in [1.807, 2.05) is 35.7 Å². The molecule has 0 aliphatic carbocycles. The lowest BCUT2D eigenvalue weighted by molar-refractivity contribution is 0.111. The summed E-state index contributed by atoms with van der Waals surface area (Å²) >= 11 is 1.62. The summed E-state index contributed by atoms with van der Waals surface area (Å²) in [5, 5.41) is 0.933. The third kappa shape index (κ3) is 1.64. The lowest BCUT2D eigenvalue weighted by Crippen LogP contribution is -1.88. The van der Waals surface area contributed by atoms with Crippen LogP contribution < -0.4 is 0 Å². The van der Waals surface area contributed by atoms with E-state index in [4.69, 9.17) is 0 Å². The fraction of sp³-hybridized carbons (Fsp3) is 0.0833. The molecule has 3 heterocycles. The molecule has 0 atom stereocenters. The van der Waals surface area contributed by atoms with Crippen LogP contribution in [0.4, 0.5) is 0 Å². The van der Waals surface area contributed by atoms with Crippen LogP contribution in [0.3, 0.4) is 0 Å². The highest BCUT2D eigenvalue weighted by Gasteiger charge is 2.09. The summed E-state index contributed by atoms with van der Waals surface area (Å²) in [7, 11) is 0. The van der Waals surface area contributed by atoms with Gasteiger partial charge in [-0.15, -0.1) is 11.3 Å². The second kappa shape index (κ2) is 3.78. The van der Waals surface area contributed by atoms with Crippen molar-refractivity contribution >= 4 is 23.3 Å². The minimum atomic E-state index is 0.436. The van der Waals surface area contributed by atoms with E-state index in [2.05, 4.69) is 9.97 Å². The van der Waals surface area contributed by atoms with E-state index in [0.717, 1.165) is 27.5 Å². The Labute approximate surface area is 102 Å². The smallest absolute Gasteiger partial charge is 0.170 e. The zero-order chi connectivity index (χ0) is 11.8. The number of rotatable bonds is 2. The van der Waals surface area contributed by atoms with Gasteiger partial charge in [0.2, 0.25) is 0 Å². The number of pyridine rings is 1. The van der Waals surface area contributed by atoms with Crippen LogP contribution in [0.2, 0.25) is 0 Å². The summed E-state index contributed by atoms with van der Waals surface area (Å²) in [4.78, 5) is 20.4. The molecule has 4 nitrogen and oxygen atoms in total. The lowest BCUT2D eigenvalue weighted by atomic mass is 10.3. The molecule has 0 fully saturated rings. The molecule has 0 saturated carbocycles. The van der Waals surface area contributed by atoms with E-state index >= 15 is 0 Å². The van der Waals surface area contributed by atoms with Gasteiger partial charge in [-0.25, -0.2) is 9.97 Å². The second-order valence-electron chi connectivity index (χ2n) is 3.70. The third-order valence-corrected chi connectivity index (χ3v) is 3.41. The molecule has 0 aromatic carbocycles. The number of fused-ring (bicyclic) bond motifs is 1. The monoisotopic (exact) mass is 243 g/mol. The third-order valence-electron chi connectivity index (χ3n) is 2.47. The van der Waals surface area contributed by atoms with Crippen LogP contribution in [-0.2, 0) is 0 Å². The van der Waals surface area contributed by atoms with Crippen LogP contribution in [-0.4, -0.2) is 20.7 Å². The number of carbonyl (C=O) groups excluding carboxylic acids is 1. The summed E-state index contributed by atoms with van der Waals surface area (Å²) in [5.74, 6) is 0.